The lowest BCUT2D eigenvalue weighted by Gasteiger charge is -2.31. The lowest BCUT2D eigenvalue weighted by Crippen LogP contribution is -2.38. The van der Waals surface area contributed by atoms with Gasteiger partial charge in [-0.25, -0.2) is 4.79 Å². The first kappa shape index (κ1) is 21.5. The Labute approximate surface area is 164 Å². The molecule has 0 bridgehead atoms. The first-order valence-electron chi connectivity index (χ1n) is 10.6. The van der Waals surface area contributed by atoms with Crippen molar-refractivity contribution in [3.63, 3.8) is 0 Å². The zero-order valence-corrected chi connectivity index (χ0v) is 17.0. The molecule has 27 heavy (non-hydrogen) atoms. The van der Waals surface area contributed by atoms with Gasteiger partial charge in [0.05, 0.1) is 12.3 Å². The summed E-state index contributed by atoms with van der Waals surface area (Å²) in [5.74, 6) is 0.709. The zero-order chi connectivity index (χ0) is 19.3. The zero-order valence-electron chi connectivity index (χ0n) is 17.0. The monoisotopic (exact) mass is 376 g/mol. The van der Waals surface area contributed by atoms with E-state index < -0.39 is 0 Å². The Hall–Kier alpha value is -1.75. The number of benzene rings is 1. The molecular formula is C22H36N2O3. The average Bonchev–Trinajstić information content (AvgIpc) is 2.68. The number of rotatable bonds is 11. The van der Waals surface area contributed by atoms with E-state index in [1.54, 1.807) is 0 Å². The summed E-state index contributed by atoms with van der Waals surface area (Å²) in [6.07, 6.45) is 8.54. The fourth-order valence-electron chi connectivity index (χ4n) is 3.33. The smallest absolute Gasteiger partial charge is 0.412 e. The molecule has 1 aromatic carbocycles. The summed E-state index contributed by atoms with van der Waals surface area (Å²) in [6.45, 7) is 8.25. The molecule has 1 fully saturated rings. The lowest BCUT2D eigenvalue weighted by atomic mass is 10.1. The van der Waals surface area contributed by atoms with Crippen molar-refractivity contribution in [2.45, 2.75) is 71.3 Å². The molecular weight excluding hydrogens is 340 g/mol. The molecule has 1 aromatic rings. The highest BCUT2D eigenvalue weighted by Crippen LogP contribution is 2.25. The van der Waals surface area contributed by atoms with Crippen LogP contribution in [-0.2, 0) is 4.74 Å². The summed E-state index contributed by atoms with van der Waals surface area (Å²) in [4.78, 5) is 14.8. The maximum atomic E-state index is 12.3. The van der Waals surface area contributed by atoms with Crippen LogP contribution in [0, 0.1) is 0 Å². The quantitative estimate of drug-likeness (QED) is 0.521. The van der Waals surface area contributed by atoms with Crippen LogP contribution >= 0.6 is 0 Å². The van der Waals surface area contributed by atoms with Gasteiger partial charge >= 0.3 is 6.09 Å². The van der Waals surface area contributed by atoms with Gasteiger partial charge in [0.1, 0.15) is 11.9 Å². The number of amides is 1. The predicted octanol–water partition coefficient (Wildman–Crippen LogP) is 5.46. The topological polar surface area (TPSA) is 50.8 Å². The number of para-hydroxylation sites is 2. The van der Waals surface area contributed by atoms with E-state index in [-0.39, 0.29) is 12.2 Å². The largest absolute Gasteiger partial charge is 0.491 e. The van der Waals surface area contributed by atoms with Gasteiger partial charge in [0.2, 0.25) is 0 Å². The van der Waals surface area contributed by atoms with E-state index in [0.29, 0.717) is 18.0 Å². The molecule has 1 amide bonds. The molecule has 1 N–H and O–H groups in total. The average molecular weight is 377 g/mol. The van der Waals surface area contributed by atoms with E-state index in [0.717, 1.165) is 38.9 Å². The summed E-state index contributed by atoms with van der Waals surface area (Å²) in [5, 5.41) is 2.86. The minimum Gasteiger partial charge on any atom is -0.491 e. The Morgan fingerprint density at radius 3 is 2.56 bits per heavy atom. The van der Waals surface area contributed by atoms with Crippen LogP contribution in [0.2, 0.25) is 0 Å². The number of unbranched alkanes of at least 4 members (excludes halogenated alkanes) is 4. The molecule has 1 aliphatic rings. The van der Waals surface area contributed by atoms with Crippen LogP contribution in [0.15, 0.2) is 24.3 Å². The van der Waals surface area contributed by atoms with Gasteiger partial charge in [0.15, 0.2) is 0 Å². The summed E-state index contributed by atoms with van der Waals surface area (Å²) >= 11 is 0. The minimum atomic E-state index is -0.385. The highest BCUT2D eigenvalue weighted by Gasteiger charge is 2.22. The maximum absolute atomic E-state index is 12.3. The summed E-state index contributed by atoms with van der Waals surface area (Å²) in [7, 11) is 0. The lowest BCUT2D eigenvalue weighted by molar-refractivity contribution is 0.0586. The number of carbonyl (C=O) groups excluding carboxylic acids is 1. The van der Waals surface area contributed by atoms with Crippen LogP contribution in [0.4, 0.5) is 10.5 Å². The SMILES string of the molecule is CCCCCCOc1ccccc1NC(=O)OC1CCN(CCCC)CC1. The number of likely N-dealkylation sites (tertiary alicyclic amines) is 1. The molecule has 0 aliphatic carbocycles. The number of nitrogens with zero attached hydrogens (tertiary/aromatic N) is 1. The number of anilines is 1. The van der Waals surface area contributed by atoms with Gasteiger partial charge in [0, 0.05) is 13.1 Å². The van der Waals surface area contributed by atoms with Gasteiger partial charge < -0.3 is 14.4 Å². The van der Waals surface area contributed by atoms with Crippen LogP contribution < -0.4 is 10.1 Å². The van der Waals surface area contributed by atoms with Crippen molar-refractivity contribution in [1.82, 2.24) is 4.90 Å². The Balaban J connectivity index is 1.74. The van der Waals surface area contributed by atoms with Crippen molar-refractivity contribution in [3.8, 4) is 5.75 Å². The number of hydrogen-bond donors (Lipinski definition) is 1. The molecule has 1 saturated heterocycles. The first-order valence-corrected chi connectivity index (χ1v) is 10.6. The molecule has 152 valence electrons. The van der Waals surface area contributed by atoms with Gasteiger partial charge in [0.25, 0.3) is 0 Å². The maximum Gasteiger partial charge on any atom is 0.412 e. The van der Waals surface area contributed by atoms with Gasteiger partial charge in [-0.2, -0.15) is 0 Å². The normalized spacial score (nSPS) is 15.5. The van der Waals surface area contributed by atoms with Crippen molar-refractivity contribution in [1.29, 1.82) is 0 Å². The fourth-order valence-corrected chi connectivity index (χ4v) is 3.33. The van der Waals surface area contributed by atoms with E-state index in [1.165, 1.54) is 32.1 Å². The summed E-state index contributed by atoms with van der Waals surface area (Å²) < 4.78 is 11.5. The number of nitrogens with one attached hydrogen (secondary N) is 1. The number of ether oxygens (including phenoxy) is 2. The Kier molecular flexibility index (Phi) is 10.1. The summed E-state index contributed by atoms with van der Waals surface area (Å²) in [5.41, 5.74) is 0.679. The number of piperidine rings is 1. The standard InChI is InChI=1S/C22H36N2O3/c1-3-5-7-10-18-26-21-12-9-8-11-20(21)23-22(25)27-19-13-16-24(17-14-19)15-6-4-2/h8-9,11-12,19H,3-7,10,13-18H2,1-2H3,(H,23,25). The third kappa shape index (κ3) is 8.21. The molecule has 0 radical (unpaired) electrons. The van der Waals surface area contributed by atoms with E-state index >= 15 is 0 Å². The van der Waals surface area contributed by atoms with E-state index in [9.17, 15) is 4.79 Å². The Bertz CT molecular complexity index is 542. The second-order valence-corrected chi connectivity index (χ2v) is 7.33. The van der Waals surface area contributed by atoms with Gasteiger partial charge in [-0.1, -0.05) is 51.7 Å². The van der Waals surface area contributed by atoms with Crippen LogP contribution in [0.25, 0.3) is 0 Å². The van der Waals surface area contributed by atoms with Crippen molar-refractivity contribution >= 4 is 11.8 Å². The Morgan fingerprint density at radius 1 is 1.07 bits per heavy atom. The molecule has 1 heterocycles. The third-order valence-electron chi connectivity index (χ3n) is 5.02. The number of hydrogen-bond acceptors (Lipinski definition) is 4. The van der Waals surface area contributed by atoms with Crippen LogP contribution in [0.1, 0.15) is 65.2 Å². The predicted molar refractivity (Wildman–Crippen MR) is 111 cm³/mol. The molecule has 1 aliphatic heterocycles. The minimum absolute atomic E-state index is 0.00463. The number of carbonyl (C=O) groups is 1. The fraction of sp³-hybridized carbons (Fsp3) is 0.682. The van der Waals surface area contributed by atoms with Crippen molar-refractivity contribution in [2.75, 3.05) is 31.6 Å². The van der Waals surface area contributed by atoms with Crippen molar-refractivity contribution < 1.29 is 14.3 Å². The van der Waals surface area contributed by atoms with E-state index in [1.807, 2.05) is 24.3 Å². The van der Waals surface area contributed by atoms with Crippen LogP contribution in [0.5, 0.6) is 5.75 Å². The summed E-state index contributed by atoms with van der Waals surface area (Å²) in [6, 6.07) is 7.56. The molecule has 2 rings (SSSR count). The van der Waals surface area contributed by atoms with Gasteiger partial charge in [-0.05, 0) is 44.4 Å². The van der Waals surface area contributed by atoms with Gasteiger partial charge in [-0.15, -0.1) is 0 Å². The van der Waals surface area contributed by atoms with Crippen LogP contribution in [0.3, 0.4) is 0 Å². The molecule has 0 saturated carbocycles. The highest BCUT2D eigenvalue weighted by molar-refractivity contribution is 5.86. The highest BCUT2D eigenvalue weighted by atomic mass is 16.6. The van der Waals surface area contributed by atoms with Crippen molar-refractivity contribution in [3.05, 3.63) is 24.3 Å². The second kappa shape index (κ2) is 12.6. The van der Waals surface area contributed by atoms with E-state index in [4.69, 9.17) is 9.47 Å². The molecule has 5 heteroatoms. The molecule has 0 spiro atoms. The first-order chi connectivity index (χ1) is 13.2. The van der Waals surface area contributed by atoms with Gasteiger partial charge in [-0.3, -0.25) is 5.32 Å². The van der Waals surface area contributed by atoms with E-state index in [2.05, 4.69) is 24.1 Å². The molecule has 0 aromatic heterocycles. The van der Waals surface area contributed by atoms with Crippen molar-refractivity contribution in [2.24, 2.45) is 0 Å². The molecule has 0 unspecified atom stereocenters. The Morgan fingerprint density at radius 2 is 1.81 bits per heavy atom. The molecule has 0 atom stereocenters. The third-order valence-corrected chi connectivity index (χ3v) is 5.02. The second-order valence-electron chi connectivity index (χ2n) is 7.33. The van der Waals surface area contributed by atoms with Crippen LogP contribution in [-0.4, -0.2) is 43.3 Å². The molecule has 5 nitrogen and oxygen atoms in total.